The molecule has 0 aliphatic rings. The van der Waals surface area contributed by atoms with Gasteiger partial charge in [0.25, 0.3) is 0 Å². The van der Waals surface area contributed by atoms with Crippen LogP contribution < -0.4 is 10.6 Å². The molecule has 1 atom stereocenters. The fourth-order valence-electron chi connectivity index (χ4n) is 2.14. The third kappa shape index (κ3) is 3.82. The molecule has 0 bridgehead atoms. The van der Waals surface area contributed by atoms with Crippen molar-refractivity contribution in [1.82, 2.24) is 4.98 Å². The smallest absolute Gasteiger partial charge is 0.174 e. The maximum Gasteiger partial charge on any atom is 0.174 e. The largest absolute Gasteiger partial charge is 0.409 e. The van der Waals surface area contributed by atoms with E-state index in [0.717, 1.165) is 11.4 Å². The Morgan fingerprint density at radius 1 is 1.55 bits per heavy atom. The first kappa shape index (κ1) is 16.2. The van der Waals surface area contributed by atoms with Crippen LogP contribution in [0, 0.1) is 13.8 Å². The Balaban J connectivity index is 3.15. The number of likely N-dealkylation sites (N-methyl/N-ethyl adjacent to an activating group) is 1. The van der Waals surface area contributed by atoms with Gasteiger partial charge in [-0.15, -0.1) is 0 Å². The van der Waals surface area contributed by atoms with E-state index in [1.54, 1.807) is 6.92 Å². The minimum atomic E-state index is -0.626. The van der Waals surface area contributed by atoms with E-state index < -0.39 is 6.10 Å². The zero-order chi connectivity index (χ0) is 15.3. The molecule has 0 saturated carbocycles. The van der Waals surface area contributed by atoms with Crippen molar-refractivity contribution in [3.63, 3.8) is 0 Å². The van der Waals surface area contributed by atoms with Gasteiger partial charge in [0, 0.05) is 26.4 Å². The highest BCUT2D eigenvalue weighted by molar-refractivity contribution is 6.03. The number of aliphatic hydroxyl groups excluding tert-OH is 1. The number of methoxy groups -OCH3 is 1. The minimum Gasteiger partial charge on any atom is -0.409 e. The van der Waals surface area contributed by atoms with Gasteiger partial charge < -0.3 is 25.7 Å². The standard InChI is InChI=1S/C13H22N4O3/c1-8-5-11(17(3)6-10(18)7-20-4)12(9(2)15-8)13(14)16-19/h5,10,18-19H,6-7H2,1-4H3,(H2,14,16). The zero-order valence-electron chi connectivity index (χ0n) is 12.3. The van der Waals surface area contributed by atoms with Crippen molar-refractivity contribution < 1.29 is 15.1 Å². The van der Waals surface area contributed by atoms with E-state index in [4.69, 9.17) is 15.7 Å². The van der Waals surface area contributed by atoms with E-state index in [-0.39, 0.29) is 12.4 Å². The fraction of sp³-hybridized carbons (Fsp3) is 0.538. The van der Waals surface area contributed by atoms with Gasteiger partial charge in [-0.25, -0.2) is 0 Å². The molecule has 0 radical (unpaired) electrons. The predicted molar refractivity (Wildman–Crippen MR) is 77.4 cm³/mol. The Morgan fingerprint density at radius 2 is 2.20 bits per heavy atom. The monoisotopic (exact) mass is 282 g/mol. The van der Waals surface area contributed by atoms with Crippen LogP contribution in [0.1, 0.15) is 17.0 Å². The van der Waals surface area contributed by atoms with Crippen LogP contribution in [0.2, 0.25) is 0 Å². The molecule has 7 nitrogen and oxygen atoms in total. The summed E-state index contributed by atoms with van der Waals surface area (Å²) in [5.41, 5.74) is 8.52. The lowest BCUT2D eigenvalue weighted by atomic mass is 10.1. The molecular formula is C13H22N4O3. The van der Waals surface area contributed by atoms with Crippen LogP contribution in [-0.4, -0.2) is 54.5 Å². The van der Waals surface area contributed by atoms with Crippen molar-refractivity contribution in [3.8, 4) is 0 Å². The lowest BCUT2D eigenvalue weighted by Crippen LogP contribution is -2.33. The molecule has 20 heavy (non-hydrogen) atoms. The summed E-state index contributed by atoms with van der Waals surface area (Å²) in [4.78, 5) is 6.15. The Morgan fingerprint density at radius 3 is 2.75 bits per heavy atom. The summed E-state index contributed by atoms with van der Waals surface area (Å²) < 4.78 is 4.91. The molecule has 112 valence electrons. The number of oxime groups is 1. The zero-order valence-corrected chi connectivity index (χ0v) is 12.3. The lowest BCUT2D eigenvalue weighted by Gasteiger charge is -2.25. The van der Waals surface area contributed by atoms with Crippen LogP contribution >= 0.6 is 0 Å². The molecule has 1 unspecified atom stereocenters. The summed E-state index contributed by atoms with van der Waals surface area (Å²) in [5, 5.41) is 21.8. The first-order valence-corrected chi connectivity index (χ1v) is 6.25. The second-order valence-electron chi connectivity index (χ2n) is 4.72. The highest BCUT2D eigenvalue weighted by Gasteiger charge is 2.18. The second-order valence-corrected chi connectivity index (χ2v) is 4.72. The summed E-state index contributed by atoms with van der Waals surface area (Å²) in [5.74, 6) is -0.00178. The van der Waals surface area contributed by atoms with E-state index >= 15 is 0 Å². The molecule has 1 aromatic rings. The van der Waals surface area contributed by atoms with E-state index in [0.29, 0.717) is 17.8 Å². The molecule has 1 rings (SSSR count). The summed E-state index contributed by atoms with van der Waals surface area (Å²) in [7, 11) is 3.35. The van der Waals surface area contributed by atoms with Gasteiger partial charge in [-0.2, -0.15) is 0 Å². The van der Waals surface area contributed by atoms with Gasteiger partial charge in [0.05, 0.1) is 29.7 Å². The quantitative estimate of drug-likeness (QED) is 0.299. The highest BCUT2D eigenvalue weighted by atomic mass is 16.5. The number of pyridine rings is 1. The molecule has 0 aliphatic carbocycles. The fourth-order valence-corrected chi connectivity index (χ4v) is 2.14. The van der Waals surface area contributed by atoms with Crippen LogP contribution in [0.5, 0.6) is 0 Å². The first-order valence-electron chi connectivity index (χ1n) is 6.25. The van der Waals surface area contributed by atoms with Gasteiger partial charge in [-0.05, 0) is 19.9 Å². The summed E-state index contributed by atoms with van der Waals surface area (Å²) in [6, 6.07) is 1.83. The van der Waals surface area contributed by atoms with Crippen LogP contribution in [-0.2, 0) is 4.74 Å². The normalized spacial score (nSPS) is 13.3. The maximum absolute atomic E-state index is 9.81. The summed E-state index contributed by atoms with van der Waals surface area (Å²) in [6.45, 7) is 4.27. The number of ether oxygens (including phenoxy) is 1. The van der Waals surface area contributed by atoms with Gasteiger partial charge in [-0.3, -0.25) is 4.98 Å². The number of hydrogen-bond donors (Lipinski definition) is 3. The number of hydrogen-bond acceptors (Lipinski definition) is 6. The molecule has 0 aromatic carbocycles. The number of aliphatic hydroxyl groups is 1. The van der Waals surface area contributed by atoms with Gasteiger partial charge in [-0.1, -0.05) is 5.16 Å². The second kappa shape index (κ2) is 7.06. The van der Waals surface area contributed by atoms with Crippen LogP contribution in [0.15, 0.2) is 11.2 Å². The molecule has 0 saturated heterocycles. The summed E-state index contributed by atoms with van der Waals surface area (Å²) in [6.07, 6.45) is -0.626. The molecule has 0 amide bonds. The number of aryl methyl sites for hydroxylation is 2. The van der Waals surface area contributed by atoms with Crippen molar-refractivity contribution in [2.75, 3.05) is 32.2 Å². The minimum absolute atomic E-state index is 0.00178. The Hall–Kier alpha value is -1.86. The van der Waals surface area contributed by atoms with E-state index in [9.17, 15) is 5.11 Å². The summed E-state index contributed by atoms with van der Waals surface area (Å²) >= 11 is 0. The van der Waals surface area contributed by atoms with Gasteiger partial charge >= 0.3 is 0 Å². The average molecular weight is 282 g/mol. The van der Waals surface area contributed by atoms with Crippen LogP contribution in [0.4, 0.5) is 5.69 Å². The lowest BCUT2D eigenvalue weighted by molar-refractivity contribution is 0.0695. The van der Waals surface area contributed by atoms with Gasteiger partial charge in [0.15, 0.2) is 5.84 Å². The molecule has 7 heteroatoms. The number of aromatic nitrogens is 1. The molecule has 0 aliphatic heterocycles. The van der Waals surface area contributed by atoms with Crippen molar-refractivity contribution in [2.24, 2.45) is 10.9 Å². The Labute approximate surface area is 118 Å². The van der Waals surface area contributed by atoms with E-state index in [2.05, 4.69) is 10.1 Å². The van der Waals surface area contributed by atoms with Crippen molar-refractivity contribution in [3.05, 3.63) is 23.0 Å². The van der Waals surface area contributed by atoms with E-state index in [1.807, 2.05) is 24.9 Å². The van der Waals surface area contributed by atoms with Gasteiger partial charge in [0.2, 0.25) is 0 Å². The molecule has 0 fully saturated rings. The first-order chi connectivity index (χ1) is 9.40. The maximum atomic E-state index is 9.81. The number of nitrogens with two attached hydrogens (primary N) is 1. The number of amidine groups is 1. The molecule has 1 heterocycles. The highest BCUT2D eigenvalue weighted by Crippen LogP contribution is 2.23. The number of anilines is 1. The number of nitrogens with zero attached hydrogens (tertiary/aromatic N) is 3. The van der Waals surface area contributed by atoms with Crippen molar-refractivity contribution in [1.29, 1.82) is 0 Å². The average Bonchev–Trinajstić information content (AvgIpc) is 2.37. The predicted octanol–water partition coefficient (Wildman–Crippen LogP) is 0.236. The van der Waals surface area contributed by atoms with Crippen molar-refractivity contribution in [2.45, 2.75) is 20.0 Å². The molecule has 1 aromatic heterocycles. The Bertz CT molecular complexity index is 491. The molecule has 4 N–H and O–H groups in total. The third-order valence-electron chi connectivity index (χ3n) is 2.93. The third-order valence-corrected chi connectivity index (χ3v) is 2.93. The van der Waals surface area contributed by atoms with Crippen LogP contribution in [0.25, 0.3) is 0 Å². The van der Waals surface area contributed by atoms with E-state index in [1.165, 1.54) is 7.11 Å². The van der Waals surface area contributed by atoms with Gasteiger partial charge in [0.1, 0.15) is 0 Å². The molecular weight excluding hydrogens is 260 g/mol. The number of rotatable bonds is 6. The topological polar surface area (TPSA) is 104 Å². The van der Waals surface area contributed by atoms with Crippen molar-refractivity contribution >= 4 is 11.5 Å². The SMILES string of the molecule is COCC(O)CN(C)c1cc(C)nc(C)c1/C(N)=N/O. The Kier molecular flexibility index (Phi) is 5.72. The molecule has 0 spiro atoms. The van der Waals surface area contributed by atoms with Crippen LogP contribution in [0.3, 0.4) is 0 Å².